The van der Waals surface area contributed by atoms with Gasteiger partial charge in [-0.1, -0.05) is 0 Å². The molecule has 16 heavy (non-hydrogen) atoms. The smallest absolute Gasteiger partial charge is 0.261 e. The number of nitrogens with one attached hydrogen (secondary N) is 1. The molecular weight excluding hydrogens is 224 g/mol. The first-order chi connectivity index (χ1) is 7.75. The van der Waals surface area contributed by atoms with Crippen LogP contribution in [0, 0.1) is 6.92 Å². The van der Waals surface area contributed by atoms with E-state index < -0.39 is 0 Å². The van der Waals surface area contributed by atoms with Gasteiger partial charge in [-0.15, -0.1) is 11.3 Å². The molecule has 0 aliphatic heterocycles. The predicted octanol–water partition coefficient (Wildman–Crippen LogP) is 1.08. The number of hydrogen-bond donors (Lipinski definition) is 1. The lowest BCUT2D eigenvalue weighted by Gasteiger charge is -2.02. The summed E-state index contributed by atoms with van der Waals surface area (Å²) in [5, 5.41) is 12.7. The summed E-state index contributed by atoms with van der Waals surface area (Å²) < 4.78 is 0. The lowest BCUT2D eigenvalue weighted by Crippen LogP contribution is -2.27. The molecular formula is C10H12N4OS. The highest BCUT2D eigenvalue weighted by atomic mass is 32.1. The molecule has 0 saturated heterocycles. The van der Waals surface area contributed by atoms with Gasteiger partial charge in [0.05, 0.1) is 23.8 Å². The van der Waals surface area contributed by atoms with Gasteiger partial charge in [0.2, 0.25) is 0 Å². The monoisotopic (exact) mass is 236 g/mol. The minimum absolute atomic E-state index is 0.0368. The van der Waals surface area contributed by atoms with Gasteiger partial charge >= 0.3 is 0 Å². The molecule has 0 aliphatic rings. The number of carbonyl (C=O) groups excluding carboxylic acids is 1. The third-order valence-corrected chi connectivity index (χ3v) is 3.07. The molecule has 1 N–H and O–H groups in total. The van der Waals surface area contributed by atoms with Gasteiger partial charge in [0.15, 0.2) is 0 Å². The van der Waals surface area contributed by atoms with Gasteiger partial charge in [-0.25, -0.2) is 0 Å². The van der Waals surface area contributed by atoms with Crippen molar-refractivity contribution in [1.82, 2.24) is 20.3 Å². The first kappa shape index (κ1) is 10.8. The van der Waals surface area contributed by atoms with Crippen LogP contribution < -0.4 is 5.32 Å². The molecule has 2 aromatic rings. The molecule has 0 spiro atoms. The molecule has 2 heterocycles. The lowest BCUT2D eigenvalue weighted by molar-refractivity contribution is 0.0955. The fourth-order valence-corrected chi connectivity index (χ4v) is 2.08. The summed E-state index contributed by atoms with van der Waals surface area (Å²) in [6, 6.07) is 1.88. The Morgan fingerprint density at radius 1 is 1.50 bits per heavy atom. The van der Waals surface area contributed by atoms with Crippen molar-refractivity contribution < 1.29 is 4.79 Å². The van der Waals surface area contributed by atoms with Crippen LogP contribution in [0.1, 0.15) is 15.2 Å². The standard InChI is InChI=1S/C10H12N4OS/c1-8-6-9(16-7-8)10(15)11-4-5-14-12-2-3-13-14/h2-3,6-7H,4-5H2,1H3,(H,11,15). The number of carbonyl (C=O) groups is 1. The summed E-state index contributed by atoms with van der Waals surface area (Å²) in [6.07, 6.45) is 3.23. The van der Waals surface area contributed by atoms with Gasteiger partial charge in [0.1, 0.15) is 0 Å². The molecule has 0 saturated carbocycles. The molecule has 2 rings (SSSR count). The van der Waals surface area contributed by atoms with Crippen LogP contribution in [0.5, 0.6) is 0 Å². The first-order valence-electron chi connectivity index (χ1n) is 4.93. The molecule has 0 aromatic carbocycles. The van der Waals surface area contributed by atoms with E-state index in [0.717, 1.165) is 10.4 Å². The quantitative estimate of drug-likeness (QED) is 0.864. The molecule has 1 amide bonds. The van der Waals surface area contributed by atoms with E-state index in [4.69, 9.17) is 0 Å². The fourth-order valence-electron chi connectivity index (χ4n) is 1.27. The van der Waals surface area contributed by atoms with Gasteiger partial charge in [0, 0.05) is 6.54 Å². The Kier molecular flexibility index (Phi) is 3.31. The van der Waals surface area contributed by atoms with Crippen molar-refractivity contribution in [3.05, 3.63) is 34.3 Å². The van der Waals surface area contributed by atoms with Crippen LogP contribution in [-0.2, 0) is 6.54 Å². The summed E-state index contributed by atoms with van der Waals surface area (Å²) in [5.74, 6) is -0.0368. The number of nitrogens with zero attached hydrogens (tertiary/aromatic N) is 3. The van der Waals surface area contributed by atoms with Crippen molar-refractivity contribution in [2.45, 2.75) is 13.5 Å². The minimum Gasteiger partial charge on any atom is -0.349 e. The molecule has 5 nitrogen and oxygen atoms in total. The Labute approximate surface area is 97.1 Å². The van der Waals surface area contributed by atoms with Crippen molar-refractivity contribution in [3.63, 3.8) is 0 Å². The average Bonchev–Trinajstić information content (AvgIpc) is 2.89. The van der Waals surface area contributed by atoms with Crippen molar-refractivity contribution in [1.29, 1.82) is 0 Å². The highest BCUT2D eigenvalue weighted by Gasteiger charge is 2.06. The van der Waals surface area contributed by atoms with Crippen LogP contribution >= 0.6 is 11.3 Å². The summed E-state index contributed by atoms with van der Waals surface area (Å²) in [6.45, 7) is 3.09. The van der Waals surface area contributed by atoms with E-state index in [0.29, 0.717) is 13.1 Å². The Bertz CT molecular complexity index is 463. The Balaban J connectivity index is 1.80. The summed E-state index contributed by atoms with van der Waals surface area (Å²) in [4.78, 5) is 13.9. The van der Waals surface area contributed by atoms with Gasteiger partial charge in [-0.2, -0.15) is 15.0 Å². The SMILES string of the molecule is Cc1csc(C(=O)NCCn2nccn2)c1. The van der Waals surface area contributed by atoms with Crippen LogP contribution in [-0.4, -0.2) is 27.4 Å². The van der Waals surface area contributed by atoms with E-state index in [-0.39, 0.29) is 5.91 Å². The summed E-state index contributed by atoms with van der Waals surface area (Å²) >= 11 is 1.46. The van der Waals surface area contributed by atoms with E-state index >= 15 is 0 Å². The van der Waals surface area contributed by atoms with Crippen LogP contribution in [0.4, 0.5) is 0 Å². The number of thiophene rings is 1. The number of aryl methyl sites for hydroxylation is 1. The molecule has 0 fully saturated rings. The first-order valence-corrected chi connectivity index (χ1v) is 5.81. The zero-order chi connectivity index (χ0) is 11.4. The van der Waals surface area contributed by atoms with Gasteiger partial charge in [-0.05, 0) is 23.9 Å². The van der Waals surface area contributed by atoms with E-state index in [1.807, 2.05) is 18.4 Å². The van der Waals surface area contributed by atoms with Crippen LogP contribution in [0.2, 0.25) is 0 Å². The zero-order valence-electron chi connectivity index (χ0n) is 8.88. The molecule has 6 heteroatoms. The zero-order valence-corrected chi connectivity index (χ0v) is 9.70. The molecule has 84 valence electrons. The molecule has 0 unspecified atom stereocenters. The van der Waals surface area contributed by atoms with E-state index in [2.05, 4.69) is 15.5 Å². The number of rotatable bonds is 4. The maximum absolute atomic E-state index is 11.6. The van der Waals surface area contributed by atoms with Crippen molar-refractivity contribution in [2.24, 2.45) is 0 Å². The number of amides is 1. The van der Waals surface area contributed by atoms with Crippen molar-refractivity contribution >= 4 is 17.2 Å². The van der Waals surface area contributed by atoms with Crippen molar-refractivity contribution in [2.75, 3.05) is 6.54 Å². The maximum atomic E-state index is 11.6. The topological polar surface area (TPSA) is 59.8 Å². The lowest BCUT2D eigenvalue weighted by atomic mass is 10.3. The molecule has 0 radical (unpaired) electrons. The number of hydrogen-bond acceptors (Lipinski definition) is 4. The van der Waals surface area contributed by atoms with E-state index in [1.54, 1.807) is 17.2 Å². The largest absolute Gasteiger partial charge is 0.349 e. The normalized spacial score (nSPS) is 10.3. The molecule has 0 aliphatic carbocycles. The predicted molar refractivity (Wildman–Crippen MR) is 61.4 cm³/mol. The third-order valence-electron chi connectivity index (χ3n) is 2.02. The van der Waals surface area contributed by atoms with E-state index in [9.17, 15) is 4.79 Å². The van der Waals surface area contributed by atoms with E-state index in [1.165, 1.54) is 11.3 Å². The Hall–Kier alpha value is -1.69. The maximum Gasteiger partial charge on any atom is 0.261 e. The highest BCUT2D eigenvalue weighted by molar-refractivity contribution is 7.12. The van der Waals surface area contributed by atoms with Gasteiger partial charge < -0.3 is 5.32 Å². The fraction of sp³-hybridized carbons (Fsp3) is 0.300. The second kappa shape index (κ2) is 4.89. The summed E-state index contributed by atoms with van der Waals surface area (Å²) in [7, 11) is 0. The van der Waals surface area contributed by atoms with Crippen LogP contribution in [0.25, 0.3) is 0 Å². The van der Waals surface area contributed by atoms with Gasteiger partial charge in [-0.3, -0.25) is 4.79 Å². The second-order valence-corrected chi connectivity index (χ2v) is 4.28. The Morgan fingerprint density at radius 3 is 2.88 bits per heavy atom. The molecule has 0 atom stereocenters. The third kappa shape index (κ3) is 2.66. The average molecular weight is 236 g/mol. The van der Waals surface area contributed by atoms with Crippen molar-refractivity contribution in [3.8, 4) is 0 Å². The van der Waals surface area contributed by atoms with Crippen LogP contribution in [0.15, 0.2) is 23.8 Å². The molecule has 0 bridgehead atoms. The summed E-state index contributed by atoms with van der Waals surface area (Å²) in [5.41, 5.74) is 1.11. The minimum atomic E-state index is -0.0368. The van der Waals surface area contributed by atoms with Crippen LogP contribution in [0.3, 0.4) is 0 Å². The number of aromatic nitrogens is 3. The molecule has 2 aromatic heterocycles. The van der Waals surface area contributed by atoms with Gasteiger partial charge in [0.25, 0.3) is 5.91 Å². The highest BCUT2D eigenvalue weighted by Crippen LogP contribution is 2.12. The Morgan fingerprint density at radius 2 is 2.25 bits per heavy atom. The second-order valence-electron chi connectivity index (χ2n) is 3.37.